The molecule has 1 aromatic carbocycles. The second kappa shape index (κ2) is 4.32. The van der Waals surface area contributed by atoms with E-state index in [1.54, 1.807) is 36.4 Å². The number of halogens is 1. The van der Waals surface area contributed by atoms with Crippen LogP contribution < -0.4 is 5.73 Å². The van der Waals surface area contributed by atoms with Crippen LogP contribution in [0.2, 0.25) is 5.02 Å². The molecule has 0 spiro atoms. The molecule has 0 aliphatic rings. The number of nitrogens with two attached hydrogens (primary N) is 1. The maximum atomic E-state index is 8.58. The Labute approximate surface area is 86.6 Å². The topological polar surface area (TPSA) is 73.6 Å². The van der Waals surface area contributed by atoms with Gasteiger partial charge in [0.25, 0.3) is 0 Å². The van der Waals surface area contributed by atoms with Gasteiger partial charge in [-0.1, -0.05) is 23.7 Å². The van der Waals surface area contributed by atoms with Gasteiger partial charge >= 0.3 is 0 Å². The Bertz CT molecular complexity index is 430. The fraction of sp³-hybridized carbons (Fsp3) is 0. The van der Waals surface area contributed by atoms with Crippen LogP contribution in [0.4, 0.5) is 0 Å². The van der Waals surface area contributed by atoms with E-state index in [9.17, 15) is 0 Å². The number of hydrogen-bond acceptors (Lipinski definition) is 3. The van der Waals surface area contributed by atoms with Gasteiger partial charge in [0.1, 0.15) is 12.1 Å². The number of nitriles is 2. The summed E-state index contributed by atoms with van der Waals surface area (Å²) in [6.45, 7) is 0. The lowest BCUT2D eigenvalue weighted by Gasteiger charge is -2.00. The Morgan fingerprint density at radius 1 is 1.14 bits per heavy atom. The van der Waals surface area contributed by atoms with E-state index < -0.39 is 0 Å². The highest BCUT2D eigenvalue weighted by molar-refractivity contribution is 6.30. The zero-order valence-electron chi connectivity index (χ0n) is 7.16. The van der Waals surface area contributed by atoms with Crippen LogP contribution in [0.3, 0.4) is 0 Å². The predicted octanol–water partition coefficient (Wildman–Crippen LogP) is 2.06. The van der Waals surface area contributed by atoms with E-state index in [4.69, 9.17) is 27.9 Å². The molecular weight excluding hydrogens is 198 g/mol. The normalized spacial score (nSPS) is 8.50. The first-order valence-electron chi connectivity index (χ1n) is 3.75. The second-order valence-electron chi connectivity index (χ2n) is 2.52. The van der Waals surface area contributed by atoms with Crippen LogP contribution in [-0.4, -0.2) is 0 Å². The second-order valence-corrected chi connectivity index (χ2v) is 2.96. The summed E-state index contributed by atoms with van der Waals surface area (Å²) in [6, 6.07) is 10.1. The van der Waals surface area contributed by atoms with Crippen LogP contribution in [-0.2, 0) is 0 Å². The summed E-state index contributed by atoms with van der Waals surface area (Å²) < 4.78 is 0. The summed E-state index contributed by atoms with van der Waals surface area (Å²) in [4.78, 5) is 0. The number of benzene rings is 1. The Morgan fingerprint density at radius 2 is 1.64 bits per heavy atom. The number of nitrogens with zero attached hydrogens (tertiary/aromatic N) is 2. The molecule has 0 radical (unpaired) electrons. The van der Waals surface area contributed by atoms with Crippen LogP contribution in [0, 0.1) is 22.7 Å². The molecule has 0 unspecified atom stereocenters. The highest BCUT2D eigenvalue weighted by Crippen LogP contribution is 2.16. The van der Waals surface area contributed by atoms with Crippen LogP contribution >= 0.6 is 11.6 Å². The Balaban J connectivity index is 3.21. The van der Waals surface area contributed by atoms with Crippen molar-refractivity contribution in [1.82, 2.24) is 0 Å². The summed E-state index contributed by atoms with van der Waals surface area (Å²) in [6.07, 6.45) is 0. The molecule has 0 atom stereocenters. The lowest BCUT2D eigenvalue weighted by atomic mass is 10.1. The van der Waals surface area contributed by atoms with Gasteiger partial charge in [0.05, 0.1) is 5.70 Å². The Hall–Kier alpha value is -1.97. The highest BCUT2D eigenvalue weighted by Gasteiger charge is 2.03. The van der Waals surface area contributed by atoms with Crippen molar-refractivity contribution >= 4 is 17.3 Å². The molecule has 0 heterocycles. The molecule has 0 aromatic heterocycles. The third-order valence-electron chi connectivity index (χ3n) is 1.65. The molecule has 0 aliphatic heterocycles. The van der Waals surface area contributed by atoms with Gasteiger partial charge in [0, 0.05) is 5.02 Å². The van der Waals surface area contributed by atoms with Gasteiger partial charge < -0.3 is 5.73 Å². The molecule has 0 fully saturated rings. The first-order valence-corrected chi connectivity index (χ1v) is 4.12. The minimum atomic E-state index is -0.0904. The van der Waals surface area contributed by atoms with Gasteiger partial charge in [0.2, 0.25) is 0 Å². The number of allylic oxidation sites excluding steroid dienone is 1. The van der Waals surface area contributed by atoms with E-state index in [1.165, 1.54) is 0 Å². The van der Waals surface area contributed by atoms with E-state index >= 15 is 0 Å². The van der Waals surface area contributed by atoms with Crippen molar-refractivity contribution in [2.75, 3.05) is 0 Å². The standard InChI is InChI=1S/C10H6ClN3/c11-9-3-1-7(2-4-9)10(14)8(5-12)6-13/h1-4H,14H2. The lowest BCUT2D eigenvalue weighted by molar-refractivity contribution is 1.42. The molecule has 2 N–H and O–H groups in total. The van der Waals surface area contributed by atoms with Crippen LogP contribution in [0.5, 0.6) is 0 Å². The molecule has 0 saturated heterocycles. The van der Waals surface area contributed by atoms with Gasteiger partial charge in [0.15, 0.2) is 5.57 Å². The molecule has 0 saturated carbocycles. The molecule has 14 heavy (non-hydrogen) atoms. The maximum absolute atomic E-state index is 8.58. The summed E-state index contributed by atoms with van der Waals surface area (Å²) >= 11 is 5.68. The van der Waals surface area contributed by atoms with Crippen LogP contribution in [0.1, 0.15) is 5.56 Å². The monoisotopic (exact) mass is 203 g/mol. The summed E-state index contributed by atoms with van der Waals surface area (Å²) in [5, 5.41) is 17.7. The zero-order valence-corrected chi connectivity index (χ0v) is 7.92. The molecule has 4 heteroatoms. The fourth-order valence-electron chi connectivity index (χ4n) is 0.919. The minimum absolute atomic E-state index is 0.0904. The van der Waals surface area contributed by atoms with E-state index in [0.717, 1.165) is 0 Å². The fourth-order valence-corrected chi connectivity index (χ4v) is 1.05. The third kappa shape index (κ3) is 2.04. The van der Waals surface area contributed by atoms with Gasteiger partial charge in [-0.05, 0) is 17.7 Å². The van der Waals surface area contributed by atoms with E-state index in [2.05, 4.69) is 0 Å². The average molecular weight is 204 g/mol. The van der Waals surface area contributed by atoms with E-state index in [-0.39, 0.29) is 11.3 Å². The van der Waals surface area contributed by atoms with Crippen LogP contribution in [0.25, 0.3) is 5.70 Å². The molecule has 3 nitrogen and oxygen atoms in total. The molecule has 0 aliphatic carbocycles. The average Bonchev–Trinajstić information content (AvgIpc) is 2.20. The van der Waals surface area contributed by atoms with Crippen molar-refractivity contribution in [3.05, 3.63) is 40.4 Å². The number of hydrogen-bond donors (Lipinski definition) is 1. The van der Waals surface area contributed by atoms with Crippen molar-refractivity contribution in [3.63, 3.8) is 0 Å². The molecule has 1 rings (SSSR count). The molecule has 1 aromatic rings. The third-order valence-corrected chi connectivity index (χ3v) is 1.90. The van der Waals surface area contributed by atoms with Gasteiger partial charge in [-0.3, -0.25) is 0 Å². The lowest BCUT2D eigenvalue weighted by Crippen LogP contribution is -1.99. The Kier molecular flexibility index (Phi) is 3.12. The maximum Gasteiger partial charge on any atom is 0.153 e. The zero-order chi connectivity index (χ0) is 10.6. The van der Waals surface area contributed by atoms with E-state index in [0.29, 0.717) is 10.6 Å². The smallest absolute Gasteiger partial charge is 0.153 e. The minimum Gasteiger partial charge on any atom is -0.397 e. The first kappa shape index (κ1) is 10.1. The Morgan fingerprint density at radius 3 is 2.07 bits per heavy atom. The first-order chi connectivity index (χ1) is 6.69. The molecule has 68 valence electrons. The highest BCUT2D eigenvalue weighted by atomic mass is 35.5. The van der Waals surface area contributed by atoms with Crippen molar-refractivity contribution in [2.45, 2.75) is 0 Å². The van der Waals surface area contributed by atoms with Gasteiger partial charge in [-0.2, -0.15) is 10.5 Å². The van der Waals surface area contributed by atoms with Crippen molar-refractivity contribution in [2.24, 2.45) is 5.73 Å². The number of rotatable bonds is 1. The van der Waals surface area contributed by atoms with Crippen molar-refractivity contribution in [1.29, 1.82) is 10.5 Å². The molecule has 0 amide bonds. The van der Waals surface area contributed by atoms with Gasteiger partial charge in [-0.25, -0.2) is 0 Å². The van der Waals surface area contributed by atoms with Gasteiger partial charge in [-0.15, -0.1) is 0 Å². The summed E-state index contributed by atoms with van der Waals surface area (Å²) in [5.74, 6) is 0. The summed E-state index contributed by atoms with van der Waals surface area (Å²) in [7, 11) is 0. The summed E-state index contributed by atoms with van der Waals surface area (Å²) in [5.41, 5.74) is 6.30. The SMILES string of the molecule is N#CC(C#N)=C(N)c1ccc(Cl)cc1. The predicted molar refractivity (Wildman–Crippen MR) is 53.8 cm³/mol. The molecule has 0 bridgehead atoms. The van der Waals surface area contributed by atoms with Crippen molar-refractivity contribution in [3.8, 4) is 12.1 Å². The molecular formula is C10H6ClN3. The largest absolute Gasteiger partial charge is 0.397 e. The van der Waals surface area contributed by atoms with Crippen molar-refractivity contribution < 1.29 is 0 Å². The van der Waals surface area contributed by atoms with E-state index in [1.807, 2.05) is 0 Å². The van der Waals surface area contributed by atoms with Crippen LogP contribution in [0.15, 0.2) is 29.8 Å². The quantitative estimate of drug-likeness (QED) is 0.710.